The highest BCUT2D eigenvalue weighted by atomic mass is 16.6. The maximum Gasteiger partial charge on any atom is 0.375 e. The van der Waals surface area contributed by atoms with Crippen LogP contribution < -0.4 is 19.5 Å². The van der Waals surface area contributed by atoms with Crippen molar-refractivity contribution in [2.24, 2.45) is 17.8 Å². The van der Waals surface area contributed by atoms with Crippen molar-refractivity contribution in [2.75, 3.05) is 39.5 Å². The number of carbonyl (C=O) groups is 3. The average molecular weight is 771 g/mol. The van der Waals surface area contributed by atoms with Gasteiger partial charge in [-0.05, 0) is 106 Å². The van der Waals surface area contributed by atoms with E-state index in [0.29, 0.717) is 41.4 Å². The number of aliphatic hydroxyl groups excluding tert-OH is 3. The second kappa shape index (κ2) is 15.4. The summed E-state index contributed by atoms with van der Waals surface area (Å²) in [7, 11) is 0. The summed E-state index contributed by atoms with van der Waals surface area (Å²) < 4.78 is 25.2. The molecule has 0 amide bonds. The van der Waals surface area contributed by atoms with Crippen LogP contribution in [0.15, 0.2) is 41.3 Å². The van der Waals surface area contributed by atoms with Gasteiger partial charge < -0.3 is 49.7 Å². The third-order valence-electron chi connectivity index (χ3n) is 12.7. The molecule has 4 aliphatic heterocycles. The van der Waals surface area contributed by atoms with Crippen LogP contribution in [0, 0.1) is 17.8 Å². The molecule has 8 rings (SSSR count). The Labute approximate surface area is 324 Å². The summed E-state index contributed by atoms with van der Waals surface area (Å²) in [5.74, 6) is -2.78. The fraction of sp³-hybridized carbons (Fsp3) is 0.512. The van der Waals surface area contributed by atoms with Crippen molar-refractivity contribution in [3.63, 3.8) is 0 Å². The van der Waals surface area contributed by atoms with Gasteiger partial charge in [0, 0.05) is 53.6 Å². The molecular weight excluding hydrogens is 720 g/mol. The molecule has 2 aromatic carbocycles. The number of hydrogen-bond acceptors (Lipinski definition) is 12. The van der Waals surface area contributed by atoms with Crippen molar-refractivity contribution in [1.82, 2.24) is 10.3 Å². The first kappa shape index (κ1) is 38.3. The molecule has 3 aromatic rings. The topological polar surface area (TPSA) is 197 Å². The minimum Gasteiger partial charge on any atom is -0.492 e. The quantitative estimate of drug-likeness (QED) is 0.144. The van der Waals surface area contributed by atoms with Gasteiger partial charge in [0.15, 0.2) is 6.29 Å². The van der Waals surface area contributed by atoms with Gasteiger partial charge in [0.25, 0.3) is 0 Å². The molecular formula is C43H50N2O11. The van der Waals surface area contributed by atoms with Gasteiger partial charge in [0.05, 0.1) is 43.1 Å². The number of nitrogens with one attached hydrogen (secondary N) is 2. The van der Waals surface area contributed by atoms with E-state index in [4.69, 9.17) is 18.9 Å². The predicted octanol–water partition coefficient (Wildman–Crippen LogP) is 3.57. The molecule has 5 aliphatic rings. The summed E-state index contributed by atoms with van der Waals surface area (Å²) in [6.07, 6.45) is 4.62. The van der Waals surface area contributed by atoms with Crippen LogP contribution in [-0.4, -0.2) is 94.7 Å². The van der Waals surface area contributed by atoms with Gasteiger partial charge in [-0.3, -0.25) is 9.59 Å². The van der Waals surface area contributed by atoms with Crippen LogP contribution in [-0.2, 0) is 38.6 Å². The molecule has 1 saturated carbocycles. The lowest BCUT2D eigenvalue weighted by molar-refractivity contribution is -0.141. The zero-order valence-corrected chi connectivity index (χ0v) is 31.8. The van der Waals surface area contributed by atoms with Gasteiger partial charge in [-0.15, -0.1) is 0 Å². The number of carbonyl (C=O) groups excluding carboxylic acids is 3. The summed E-state index contributed by atoms with van der Waals surface area (Å²) in [6, 6.07) is 5.97. The number of aromatic amines is 1. The Morgan fingerprint density at radius 3 is 2.57 bits per heavy atom. The van der Waals surface area contributed by atoms with E-state index >= 15 is 0 Å². The van der Waals surface area contributed by atoms with Crippen LogP contribution in [0.1, 0.15) is 79.7 Å². The maximum atomic E-state index is 14.3. The minimum atomic E-state index is -1.27. The molecule has 6 N–H and O–H groups in total. The lowest BCUT2D eigenvalue weighted by atomic mass is 9.70. The summed E-state index contributed by atoms with van der Waals surface area (Å²) in [5, 5.41) is 48.9. The van der Waals surface area contributed by atoms with Gasteiger partial charge in [-0.2, -0.15) is 0 Å². The zero-order valence-electron chi connectivity index (χ0n) is 31.8. The van der Waals surface area contributed by atoms with Gasteiger partial charge in [-0.25, -0.2) is 4.79 Å². The number of benzene rings is 2. The molecule has 1 aromatic heterocycles. The smallest absolute Gasteiger partial charge is 0.375 e. The lowest BCUT2D eigenvalue weighted by Crippen LogP contribution is -2.51. The molecule has 56 heavy (non-hydrogen) atoms. The molecule has 2 fully saturated rings. The number of fused-ring (bicyclic) bond motifs is 7. The largest absolute Gasteiger partial charge is 0.492 e. The van der Waals surface area contributed by atoms with E-state index < -0.39 is 42.7 Å². The maximum absolute atomic E-state index is 14.3. The van der Waals surface area contributed by atoms with Crippen LogP contribution in [0.3, 0.4) is 0 Å². The van der Waals surface area contributed by atoms with Gasteiger partial charge in [-0.1, -0.05) is 5.57 Å². The number of ether oxygens (including phenoxy) is 4. The van der Waals surface area contributed by atoms with Crippen molar-refractivity contribution in [1.29, 1.82) is 0 Å². The molecule has 2 bridgehead atoms. The molecule has 0 unspecified atom stereocenters. The van der Waals surface area contributed by atoms with E-state index in [1.54, 1.807) is 13.8 Å². The third-order valence-corrected chi connectivity index (χ3v) is 12.7. The van der Waals surface area contributed by atoms with E-state index in [9.17, 15) is 34.8 Å². The van der Waals surface area contributed by atoms with Crippen molar-refractivity contribution in [3.05, 3.63) is 69.1 Å². The van der Waals surface area contributed by atoms with Crippen LogP contribution >= 0.6 is 0 Å². The summed E-state index contributed by atoms with van der Waals surface area (Å²) in [6.45, 7) is 3.75. The lowest BCUT2D eigenvalue weighted by Gasteiger charge is -2.39. The van der Waals surface area contributed by atoms with E-state index in [2.05, 4.69) is 10.3 Å². The van der Waals surface area contributed by atoms with Crippen molar-refractivity contribution in [2.45, 2.75) is 83.0 Å². The summed E-state index contributed by atoms with van der Waals surface area (Å²) in [5.41, 5.74) is 3.27. The van der Waals surface area contributed by atoms with Crippen molar-refractivity contribution in [3.8, 4) is 17.2 Å². The highest BCUT2D eigenvalue weighted by Crippen LogP contribution is 2.57. The van der Waals surface area contributed by atoms with Crippen LogP contribution in [0.5, 0.6) is 17.2 Å². The van der Waals surface area contributed by atoms with Crippen molar-refractivity contribution < 1.29 is 53.8 Å². The molecule has 0 spiro atoms. The normalized spacial score (nSPS) is 26.3. The van der Waals surface area contributed by atoms with Crippen LogP contribution in [0.25, 0.3) is 16.5 Å². The van der Waals surface area contributed by atoms with E-state index in [0.717, 1.165) is 48.0 Å². The number of allylic oxidation sites excluding steroid dienone is 3. The molecule has 0 radical (unpaired) electrons. The Hall–Kier alpha value is -4.53. The molecule has 298 valence electrons. The SMILES string of the molecule is CCOC(=O)C1=C(C=O)/C2=C3\C[C@H](CO)C(=O)[C@H](C3)c3cc4cc[nH]c4cc3CC[C@@H](CO)COc3c4c(c(CO)c(c32)O1)O[C@H]([C@](C)(O)C1CCNCC1)C4. The number of aldehydes is 1. The van der Waals surface area contributed by atoms with E-state index in [1.165, 1.54) is 0 Å². The second-order valence-electron chi connectivity index (χ2n) is 16.0. The molecule has 5 heterocycles. The number of Topliss-reactive ketones (excluding diaryl/α,β-unsaturated/α-hetero) is 1. The minimum absolute atomic E-state index is 0.00528. The fourth-order valence-electron chi connectivity index (χ4n) is 9.59. The third kappa shape index (κ3) is 6.43. The Kier molecular flexibility index (Phi) is 10.6. The Bertz CT molecular complexity index is 2120. The Balaban J connectivity index is 1.40. The first-order valence-electron chi connectivity index (χ1n) is 19.8. The predicted molar refractivity (Wildman–Crippen MR) is 204 cm³/mol. The average Bonchev–Trinajstić information content (AvgIpc) is 3.88. The standard InChI is InChI=1S/C43H50N2O11/c1-3-53-42(51)41-31(19-48)35-25-12-26(18-47)37(50)29(14-25)28-13-24-6-11-45-33(24)15-23(28)5-4-22(17-46)21-54-39-30-16-34(43(2,52)27-7-9-44-10-8-27)55-38(30)32(20-49)40(56-41)36(35)39/h6,11,13,15,19,22,26-27,29,34,44-47,49,52H,3-5,7-10,12,14,16-18,20-21H2,1-2H3/b35-25-/t22-,26+,29+,34-,43+/m0/s1. The first-order chi connectivity index (χ1) is 27.1. The Morgan fingerprint density at radius 1 is 1.05 bits per heavy atom. The molecule has 1 saturated heterocycles. The number of esters is 1. The number of rotatable bonds is 8. The molecule has 13 heteroatoms. The van der Waals surface area contributed by atoms with E-state index in [1.807, 2.05) is 24.4 Å². The molecule has 13 nitrogen and oxygen atoms in total. The number of aryl methyl sites for hydroxylation is 1. The van der Waals surface area contributed by atoms with Gasteiger partial charge in [0.2, 0.25) is 5.76 Å². The number of hydrogen-bond donors (Lipinski definition) is 6. The molecule has 5 atom stereocenters. The number of H-pyrrole nitrogens is 1. The Morgan fingerprint density at radius 2 is 1.86 bits per heavy atom. The fourth-order valence-corrected chi connectivity index (χ4v) is 9.59. The highest BCUT2D eigenvalue weighted by Gasteiger charge is 2.49. The van der Waals surface area contributed by atoms with Crippen LogP contribution in [0.4, 0.5) is 0 Å². The molecule has 1 aliphatic carbocycles. The number of piperidine rings is 1. The zero-order chi connectivity index (χ0) is 39.3. The number of ketones is 1. The number of aliphatic hydroxyl groups is 4. The van der Waals surface area contributed by atoms with Crippen LogP contribution in [0.2, 0.25) is 0 Å². The van der Waals surface area contributed by atoms with Gasteiger partial charge in [0.1, 0.15) is 34.7 Å². The van der Waals surface area contributed by atoms with Crippen molar-refractivity contribution >= 4 is 34.5 Å². The summed E-state index contributed by atoms with van der Waals surface area (Å²) >= 11 is 0. The summed E-state index contributed by atoms with van der Waals surface area (Å²) in [4.78, 5) is 44.7. The van der Waals surface area contributed by atoms with E-state index in [-0.39, 0.29) is 90.8 Å². The first-order valence-corrected chi connectivity index (χ1v) is 19.8. The number of aromatic nitrogens is 1. The second-order valence-corrected chi connectivity index (χ2v) is 16.0. The van der Waals surface area contributed by atoms with Gasteiger partial charge >= 0.3 is 5.97 Å². The highest BCUT2D eigenvalue weighted by molar-refractivity contribution is 6.11. The monoisotopic (exact) mass is 770 g/mol.